The highest BCUT2D eigenvalue weighted by molar-refractivity contribution is 6.33. The fraction of sp³-hybridized carbons (Fsp3) is 0. The molecule has 0 radical (unpaired) electrons. The number of halogens is 5. The summed E-state index contributed by atoms with van der Waals surface area (Å²) in [5.41, 5.74) is 0. The molecule has 13 heteroatoms. The molecule has 4 aromatic heterocycles. The quantitative estimate of drug-likeness (QED) is 0.459. The minimum atomic E-state index is -0.422. The minimum Gasteiger partial charge on any atom is -0.283 e. The molecule has 0 amide bonds. The fourth-order valence-corrected chi connectivity index (χ4v) is 1.91. The molecule has 0 saturated carbocycles. The van der Waals surface area contributed by atoms with Crippen LogP contribution in [0.5, 0.6) is 0 Å². The van der Waals surface area contributed by atoms with Gasteiger partial charge in [0.1, 0.15) is 28.1 Å². The van der Waals surface area contributed by atoms with E-state index in [0.29, 0.717) is 21.3 Å². The molecule has 1 N–H and O–H groups in total. The highest BCUT2D eigenvalue weighted by Crippen LogP contribution is 2.09. The maximum atomic E-state index is 12.6. The lowest BCUT2D eigenvalue weighted by molar-refractivity contribution is 0.626. The van der Waals surface area contributed by atoms with Gasteiger partial charge in [0.25, 0.3) is 0 Å². The van der Waals surface area contributed by atoms with E-state index in [1.165, 1.54) is 41.9 Å². The predicted molar refractivity (Wildman–Crippen MR) is 94.7 cm³/mol. The zero-order valence-electron chi connectivity index (χ0n) is 13.1. The molecule has 4 aromatic rings. The van der Waals surface area contributed by atoms with Crippen molar-refractivity contribution in [2.75, 3.05) is 0 Å². The summed E-state index contributed by atoms with van der Waals surface area (Å²) < 4.78 is 25.4. The first kappa shape index (κ1) is 20.6. The van der Waals surface area contributed by atoms with Crippen LogP contribution in [0.4, 0.5) is 8.78 Å². The lowest BCUT2D eigenvalue weighted by atomic mass is 10.6. The van der Waals surface area contributed by atoms with E-state index in [0.717, 1.165) is 12.4 Å². The number of H-pyrrole nitrogens is 1. The van der Waals surface area contributed by atoms with E-state index < -0.39 is 5.82 Å². The zero-order valence-corrected chi connectivity index (χ0v) is 15.4. The topological polar surface area (TPSA) is 98.1 Å². The van der Waals surface area contributed by atoms with Crippen LogP contribution in [0.15, 0.2) is 49.6 Å². The van der Waals surface area contributed by atoms with Crippen LogP contribution in [0.1, 0.15) is 0 Å². The van der Waals surface area contributed by atoms with Gasteiger partial charge in [-0.2, -0.15) is 10.2 Å². The Hall–Kier alpha value is -2.69. The van der Waals surface area contributed by atoms with Crippen molar-refractivity contribution in [1.29, 1.82) is 0 Å². The standard InChI is InChI=1S/C7H4ClFN4.C4H2Cl2N2.C3H3FN2/c8-6-1-7(11-4-10-6)13-3-5(9)2-12-13;5-3-1-4(6)8-2-7-3;4-3-1-5-6-2-3/h1-4H;1-2H;1-2H,(H,5,6). The van der Waals surface area contributed by atoms with E-state index in [1.54, 1.807) is 0 Å². The van der Waals surface area contributed by atoms with Gasteiger partial charge in [-0.15, -0.1) is 0 Å². The largest absolute Gasteiger partial charge is 0.283 e. The first-order valence-electron chi connectivity index (χ1n) is 6.89. The van der Waals surface area contributed by atoms with Crippen LogP contribution in [0.25, 0.3) is 5.82 Å². The monoisotopic (exact) mass is 432 g/mol. The molecule has 0 bridgehead atoms. The van der Waals surface area contributed by atoms with E-state index in [-0.39, 0.29) is 5.82 Å². The molecule has 0 aliphatic rings. The van der Waals surface area contributed by atoms with Gasteiger partial charge in [0.2, 0.25) is 0 Å². The summed E-state index contributed by atoms with van der Waals surface area (Å²) in [4.78, 5) is 14.8. The lowest BCUT2D eigenvalue weighted by Gasteiger charge is -1.97. The molecule has 0 unspecified atom stereocenters. The van der Waals surface area contributed by atoms with Gasteiger partial charge in [0.15, 0.2) is 17.5 Å². The fourth-order valence-electron chi connectivity index (χ4n) is 1.42. The summed E-state index contributed by atoms with van der Waals surface area (Å²) in [5, 5.41) is 10.4. The van der Waals surface area contributed by atoms with Crippen LogP contribution in [-0.4, -0.2) is 39.9 Å². The summed E-state index contributed by atoms with van der Waals surface area (Å²) in [6, 6.07) is 2.97. The van der Waals surface area contributed by atoms with Crippen LogP contribution in [0, 0.1) is 11.6 Å². The van der Waals surface area contributed by atoms with Crippen LogP contribution < -0.4 is 0 Å². The third-order valence-corrected chi connectivity index (χ3v) is 3.09. The average Bonchev–Trinajstić information content (AvgIpc) is 3.27. The summed E-state index contributed by atoms with van der Waals surface area (Å²) in [5.74, 6) is -0.311. The van der Waals surface area contributed by atoms with Gasteiger partial charge < -0.3 is 0 Å². The van der Waals surface area contributed by atoms with Crippen molar-refractivity contribution >= 4 is 34.8 Å². The van der Waals surface area contributed by atoms with Crippen molar-refractivity contribution in [3.8, 4) is 5.82 Å². The van der Waals surface area contributed by atoms with Crippen molar-refractivity contribution in [3.05, 3.63) is 76.7 Å². The normalized spacial score (nSPS) is 9.67. The molecule has 4 rings (SSSR count). The molecule has 27 heavy (non-hydrogen) atoms. The first-order valence-corrected chi connectivity index (χ1v) is 8.03. The molecule has 0 fully saturated rings. The Morgan fingerprint density at radius 2 is 1.44 bits per heavy atom. The van der Waals surface area contributed by atoms with E-state index in [4.69, 9.17) is 34.8 Å². The Labute approximate surface area is 166 Å². The molecule has 0 atom stereocenters. The van der Waals surface area contributed by atoms with E-state index >= 15 is 0 Å². The summed E-state index contributed by atoms with van der Waals surface area (Å²) in [6.07, 6.45) is 7.19. The number of nitrogens with zero attached hydrogens (tertiary/aromatic N) is 7. The van der Waals surface area contributed by atoms with Crippen LogP contribution in [0.3, 0.4) is 0 Å². The van der Waals surface area contributed by atoms with Gasteiger partial charge in [-0.1, -0.05) is 34.8 Å². The third kappa shape index (κ3) is 7.60. The second-order valence-electron chi connectivity index (χ2n) is 4.38. The molecule has 140 valence electrons. The Bertz CT molecular complexity index is 947. The third-order valence-electron chi connectivity index (χ3n) is 2.47. The SMILES string of the molecule is Clc1cc(Cl)ncn1.Fc1cn[nH]c1.Fc1cnn(-c2cc(Cl)ncn2)c1. The van der Waals surface area contributed by atoms with Crippen molar-refractivity contribution in [3.63, 3.8) is 0 Å². The minimum absolute atomic E-state index is 0.293. The average molecular weight is 434 g/mol. The van der Waals surface area contributed by atoms with Crippen molar-refractivity contribution in [2.24, 2.45) is 0 Å². The number of hydrogen-bond acceptors (Lipinski definition) is 6. The number of rotatable bonds is 1. The second kappa shape index (κ2) is 10.5. The highest BCUT2D eigenvalue weighted by atomic mass is 35.5. The molecule has 0 aromatic carbocycles. The number of aromatic nitrogens is 8. The number of aromatic amines is 1. The maximum Gasteiger partial charge on any atom is 0.161 e. The van der Waals surface area contributed by atoms with E-state index in [2.05, 4.69) is 35.2 Å². The Balaban J connectivity index is 0.000000159. The van der Waals surface area contributed by atoms with Gasteiger partial charge in [-0.3, -0.25) is 5.10 Å². The van der Waals surface area contributed by atoms with Gasteiger partial charge in [-0.05, 0) is 0 Å². The smallest absolute Gasteiger partial charge is 0.161 e. The Kier molecular flexibility index (Phi) is 7.99. The number of nitrogens with one attached hydrogen (secondary N) is 1. The maximum absolute atomic E-state index is 12.6. The molecule has 0 spiro atoms. The van der Waals surface area contributed by atoms with Gasteiger partial charge in [0, 0.05) is 12.1 Å². The lowest BCUT2D eigenvalue weighted by Crippen LogP contribution is -1.97. The molecular weight excluding hydrogens is 425 g/mol. The van der Waals surface area contributed by atoms with Crippen LogP contribution in [0.2, 0.25) is 15.5 Å². The molecular formula is C14H9Cl3F2N8. The summed E-state index contributed by atoms with van der Waals surface area (Å²) in [6.45, 7) is 0. The molecule has 4 heterocycles. The van der Waals surface area contributed by atoms with Crippen molar-refractivity contribution in [2.45, 2.75) is 0 Å². The second-order valence-corrected chi connectivity index (χ2v) is 5.54. The zero-order chi connectivity index (χ0) is 19.6. The van der Waals surface area contributed by atoms with E-state index in [9.17, 15) is 8.78 Å². The Morgan fingerprint density at radius 3 is 1.81 bits per heavy atom. The van der Waals surface area contributed by atoms with Crippen molar-refractivity contribution < 1.29 is 8.78 Å². The summed E-state index contributed by atoms with van der Waals surface area (Å²) >= 11 is 16.4. The van der Waals surface area contributed by atoms with Gasteiger partial charge in [0.05, 0.1) is 24.8 Å². The molecule has 0 saturated heterocycles. The van der Waals surface area contributed by atoms with Crippen LogP contribution in [-0.2, 0) is 0 Å². The predicted octanol–water partition coefficient (Wildman–Crippen LogP) is 3.79. The number of hydrogen-bond donors (Lipinski definition) is 1. The summed E-state index contributed by atoms with van der Waals surface area (Å²) in [7, 11) is 0. The molecule has 8 nitrogen and oxygen atoms in total. The van der Waals surface area contributed by atoms with Crippen molar-refractivity contribution in [1.82, 2.24) is 39.9 Å². The molecule has 0 aliphatic carbocycles. The van der Waals surface area contributed by atoms with E-state index in [1.807, 2.05) is 0 Å². The van der Waals surface area contributed by atoms with Gasteiger partial charge in [-0.25, -0.2) is 33.4 Å². The first-order chi connectivity index (χ1) is 12.9. The molecule has 0 aliphatic heterocycles. The highest BCUT2D eigenvalue weighted by Gasteiger charge is 2.01. The van der Waals surface area contributed by atoms with Gasteiger partial charge >= 0.3 is 0 Å². The van der Waals surface area contributed by atoms with Crippen LogP contribution >= 0.6 is 34.8 Å². The Morgan fingerprint density at radius 1 is 0.815 bits per heavy atom.